The lowest BCUT2D eigenvalue weighted by Gasteiger charge is -2.41. The third-order valence-electron chi connectivity index (χ3n) is 6.36. The predicted molar refractivity (Wildman–Crippen MR) is 139 cm³/mol. The van der Waals surface area contributed by atoms with Gasteiger partial charge in [-0.25, -0.2) is 0 Å². The van der Waals surface area contributed by atoms with Crippen LogP contribution in [0.4, 0.5) is 0 Å². The predicted octanol–water partition coefficient (Wildman–Crippen LogP) is 7.34. The molecule has 1 aliphatic carbocycles. The van der Waals surface area contributed by atoms with E-state index in [0.717, 1.165) is 0 Å². The number of hydrogen-bond acceptors (Lipinski definition) is 8. The second-order valence-corrected chi connectivity index (χ2v) is 13.5. The van der Waals surface area contributed by atoms with Crippen molar-refractivity contribution >= 4 is 15.2 Å². The molecule has 0 bridgehead atoms. The van der Waals surface area contributed by atoms with E-state index >= 15 is 9.13 Å². The second-order valence-electron chi connectivity index (χ2n) is 8.79. The number of benzene rings is 2. The maximum atomic E-state index is 15.0. The largest absolute Gasteiger partial charge is 0.490 e. The van der Waals surface area contributed by atoms with Crippen LogP contribution >= 0.6 is 15.2 Å². The van der Waals surface area contributed by atoms with E-state index in [0.29, 0.717) is 40.2 Å². The fourth-order valence-electron chi connectivity index (χ4n) is 5.37. The summed E-state index contributed by atoms with van der Waals surface area (Å²) in [6, 6.07) is 10.9. The van der Waals surface area contributed by atoms with Crippen molar-refractivity contribution < 1.29 is 36.7 Å². The molecule has 198 valence electrons. The van der Waals surface area contributed by atoms with Crippen LogP contribution in [0.1, 0.15) is 59.1 Å². The van der Waals surface area contributed by atoms with Crippen molar-refractivity contribution in [3.05, 3.63) is 47.5 Å². The van der Waals surface area contributed by atoms with Gasteiger partial charge < -0.3 is 27.6 Å². The minimum atomic E-state index is -4.25. The van der Waals surface area contributed by atoms with Crippen molar-refractivity contribution in [2.75, 3.05) is 26.4 Å². The van der Waals surface area contributed by atoms with E-state index in [2.05, 4.69) is 0 Å². The van der Waals surface area contributed by atoms with Gasteiger partial charge >= 0.3 is 15.2 Å². The van der Waals surface area contributed by atoms with Crippen LogP contribution in [0.3, 0.4) is 0 Å². The van der Waals surface area contributed by atoms with Gasteiger partial charge in [0.25, 0.3) is 0 Å². The standard InChI is InChI=1S/C26H36O8P2/c1-7-29-35(27,30-8-2)26(36(28,31-9-3)32-10-4)20-13-11-15-22-24(20)25-21(26)14-12-16-23(25)34-19(6)17-18(5)33-22/h11-16,18-19H,7-10,17H2,1-6H3. The molecule has 0 spiro atoms. The molecule has 2 unspecified atom stereocenters. The topological polar surface area (TPSA) is 89.5 Å². The molecule has 36 heavy (non-hydrogen) atoms. The molecule has 2 atom stereocenters. The summed E-state index contributed by atoms with van der Waals surface area (Å²) < 4.78 is 66.6. The van der Waals surface area contributed by atoms with Crippen LogP contribution in [0.25, 0.3) is 11.1 Å². The van der Waals surface area contributed by atoms with Crippen LogP contribution < -0.4 is 9.47 Å². The zero-order valence-electron chi connectivity index (χ0n) is 21.8. The Morgan fingerprint density at radius 2 is 1.08 bits per heavy atom. The summed E-state index contributed by atoms with van der Waals surface area (Å²) in [5.41, 5.74) is 2.21. The van der Waals surface area contributed by atoms with E-state index in [9.17, 15) is 0 Å². The smallest absolute Gasteiger partial charge is 0.357 e. The molecule has 0 fully saturated rings. The lowest BCUT2D eigenvalue weighted by Crippen LogP contribution is -2.31. The molecule has 1 aliphatic heterocycles. The second kappa shape index (κ2) is 10.6. The van der Waals surface area contributed by atoms with E-state index in [1.807, 2.05) is 26.0 Å². The van der Waals surface area contributed by atoms with Crippen molar-refractivity contribution in [2.24, 2.45) is 0 Å². The minimum Gasteiger partial charge on any atom is -0.490 e. The summed E-state index contributed by atoms with van der Waals surface area (Å²) >= 11 is 0. The fraction of sp³-hybridized carbons (Fsp3) is 0.538. The molecule has 4 rings (SSSR count). The molecule has 10 heteroatoms. The van der Waals surface area contributed by atoms with Gasteiger partial charge in [-0.2, -0.15) is 0 Å². The Labute approximate surface area is 213 Å². The summed E-state index contributed by atoms with van der Waals surface area (Å²) in [6.07, 6.45) is 0.358. The maximum absolute atomic E-state index is 15.0. The number of hydrogen-bond donors (Lipinski definition) is 0. The fourth-order valence-corrected chi connectivity index (χ4v) is 11.4. The molecular weight excluding hydrogens is 502 g/mol. The molecular formula is C26H36O8P2. The highest BCUT2D eigenvalue weighted by Crippen LogP contribution is 2.88. The van der Waals surface area contributed by atoms with Gasteiger partial charge in [0.1, 0.15) is 11.5 Å². The first kappa shape index (κ1) is 27.4. The third-order valence-corrected chi connectivity index (χ3v) is 12.8. The first-order valence-corrected chi connectivity index (χ1v) is 15.7. The van der Waals surface area contributed by atoms with Crippen LogP contribution in [0.2, 0.25) is 0 Å². The van der Waals surface area contributed by atoms with Crippen molar-refractivity contribution in [1.29, 1.82) is 0 Å². The zero-order chi connectivity index (χ0) is 26.1. The summed E-state index contributed by atoms with van der Waals surface area (Å²) in [4.78, 5) is -1.88. The molecule has 8 nitrogen and oxygen atoms in total. The maximum Gasteiger partial charge on any atom is 0.357 e. The molecule has 0 radical (unpaired) electrons. The van der Waals surface area contributed by atoms with E-state index < -0.39 is 20.1 Å². The Kier molecular flexibility index (Phi) is 8.07. The number of rotatable bonds is 10. The van der Waals surface area contributed by atoms with E-state index in [1.54, 1.807) is 52.0 Å². The first-order chi connectivity index (χ1) is 17.2. The molecule has 0 aromatic heterocycles. The Bertz CT molecular complexity index is 1080. The summed E-state index contributed by atoms with van der Waals surface area (Å²) in [7, 11) is -8.50. The van der Waals surface area contributed by atoms with Crippen molar-refractivity contribution in [2.45, 2.75) is 65.1 Å². The van der Waals surface area contributed by atoms with E-state index in [1.165, 1.54) is 0 Å². The van der Waals surface area contributed by atoms with E-state index in [-0.39, 0.29) is 38.6 Å². The van der Waals surface area contributed by atoms with Gasteiger partial charge in [0.2, 0.25) is 4.90 Å². The minimum absolute atomic E-state index is 0.0718. The van der Waals surface area contributed by atoms with Crippen LogP contribution in [-0.4, -0.2) is 38.6 Å². The third kappa shape index (κ3) is 4.07. The van der Waals surface area contributed by atoms with Gasteiger partial charge in [0, 0.05) is 17.5 Å². The average molecular weight is 539 g/mol. The zero-order valence-corrected chi connectivity index (χ0v) is 23.6. The van der Waals surface area contributed by atoms with Crippen molar-refractivity contribution in [1.82, 2.24) is 0 Å². The molecule has 0 N–H and O–H groups in total. The molecule has 0 saturated heterocycles. The highest BCUT2D eigenvalue weighted by molar-refractivity contribution is 7.74. The quantitative estimate of drug-likeness (QED) is 0.290. The van der Waals surface area contributed by atoms with Crippen LogP contribution in [0.15, 0.2) is 36.4 Å². The normalized spacial score (nSPS) is 20.5. The van der Waals surface area contributed by atoms with Crippen molar-refractivity contribution in [3.8, 4) is 22.6 Å². The van der Waals surface area contributed by atoms with Crippen LogP contribution in [0.5, 0.6) is 11.5 Å². The van der Waals surface area contributed by atoms with Gasteiger partial charge in [-0.15, -0.1) is 0 Å². The van der Waals surface area contributed by atoms with Crippen LogP contribution in [0, 0.1) is 0 Å². The molecule has 1 heterocycles. The summed E-state index contributed by atoms with van der Waals surface area (Å²) in [6.45, 7) is 11.2. The SMILES string of the molecule is CCOP(=O)(OCC)C1(P(=O)(OCC)OCC)c2cccc3c2-c2c(cccc21)OC(C)CC(C)O3. The van der Waals surface area contributed by atoms with Crippen molar-refractivity contribution in [3.63, 3.8) is 0 Å². The number of ether oxygens (including phenoxy) is 2. The Balaban J connectivity index is 2.23. The molecule has 2 aliphatic rings. The first-order valence-electron chi connectivity index (χ1n) is 12.6. The molecule has 0 saturated carbocycles. The Hall–Kier alpha value is -1.66. The monoisotopic (exact) mass is 538 g/mol. The van der Waals surface area contributed by atoms with Gasteiger partial charge in [0.05, 0.1) is 38.6 Å². The van der Waals surface area contributed by atoms with Crippen LogP contribution in [-0.2, 0) is 32.1 Å². The van der Waals surface area contributed by atoms with Gasteiger partial charge in [0.15, 0.2) is 0 Å². The highest BCUT2D eigenvalue weighted by Gasteiger charge is 2.71. The van der Waals surface area contributed by atoms with Gasteiger partial charge in [-0.05, 0) is 64.8 Å². The lowest BCUT2D eigenvalue weighted by atomic mass is 10.0. The average Bonchev–Trinajstić information content (AvgIpc) is 3.15. The Morgan fingerprint density at radius 1 is 0.722 bits per heavy atom. The van der Waals surface area contributed by atoms with E-state index in [4.69, 9.17) is 27.6 Å². The summed E-state index contributed by atoms with van der Waals surface area (Å²) in [5.74, 6) is 1.15. The molecule has 2 aromatic carbocycles. The molecule has 0 amide bonds. The summed E-state index contributed by atoms with van der Waals surface area (Å²) in [5, 5.41) is 0. The van der Waals surface area contributed by atoms with Gasteiger partial charge in [-0.1, -0.05) is 24.3 Å². The van der Waals surface area contributed by atoms with Gasteiger partial charge in [-0.3, -0.25) is 9.13 Å². The Morgan fingerprint density at radius 3 is 1.42 bits per heavy atom. The highest BCUT2D eigenvalue weighted by atomic mass is 31.2. The molecule has 2 aromatic rings. The lowest BCUT2D eigenvalue weighted by molar-refractivity contribution is 0.134.